The van der Waals surface area contributed by atoms with Crippen molar-refractivity contribution in [2.75, 3.05) is 20.2 Å². The smallest absolute Gasteiger partial charge is 0.220 e. The molecule has 0 aliphatic rings. The molecule has 4 nitrogen and oxygen atoms in total. The monoisotopic (exact) mass is 292 g/mol. The van der Waals surface area contributed by atoms with Crippen molar-refractivity contribution in [3.8, 4) is 5.75 Å². The molecule has 0 fully saturated rings. The Morgan fingerprint density at radius 3 is 2.71 bits per heavy atom. The molecule has 1 aromatic rings. The van der Waals surface area contributed by atoms with E-state index in [1.165, 1.54) is 5.56 Å². The van der Waals surface area contributed by atoms with Crippen LogP contribution < -0.4 is 15.8 Å². The van der Waals surface area contributed by atoms with Crippen LogP contribution in [0.25, 0.3) is 0 Å². The van der Waals surface area contributed by atoms with Crippen LogP contribution in [-0.4, -0.2) is 26.1 Å². The minimum Gasteiger partial charge on any atom is -0.496 e. The third-order valence-corrected chi connectivity index (χ3v) is 3.57. The fourth-order valence-corrected chi connectivity index (χ4v) is 2.24. The Hall–Kier alpha value is -1.55. The summed E-state index contributed by atoms with van der Waals surface area (Å²) in [6.07, 6.45) is 5.64. The Labute approximate surface area is 128 Å². The standard InChI is InChI=1S/C17H28N2O2/c1-14-8-9-15(13-16(14)21-2)10-12-19-17(20)7-5-3-4-6-11-18/h8-9,13H,3-7,10-12,18H2,1-2H3,(H,19,20). The van der Waals surface area contributed by atoms with E-state index in [0.29, 0.717) is 13.0 Å². The summed E-state index contributed by atoms with van der Waals surface area (Å²) in [7, 11) is 1.68. The number of nitrogens with two attached hydrogens (primary N) is 1. The van der Waals surface area contributed by atoms with Gasteiger partial charge in [-0.3, -0.25) is 4.79 Å². The van der Waals surface area contributed by atoms with Gasteiger partial charge in [0.25, 0.3) is 0 Å². The lowest BCUT2D eigenvalue weighted by Crippen LogP contribution is -2.25. The van der Waals surface area contributed by atoms with Crippen molar-refractivity contribution in [3.63, 3.8) is 0 Å². The van der Waals surface area contributed by atoms with Crippen LogP contribution in [0.3, 0.4) is 0 Å². The number of carbonyl (C=O) groups excluding carboxylic acids is 1. The number of hydrogen-bond donors (Lipinski definition) is 2. The number of carbonyl (C=O) groups is 1. The molecule has 1 rings (SSSR count). The van der Waals surface area contributed by atoms with Gasteiger partial charge in [0.2, 0.25) is 5.91 Å². The van der Waals surface area contributed by atoms with Crippen LogP contribution in [0.1, 0.15) is 43.2 Å². The summed E-state index contributed by atoms with van der Waals surface area (Å²) in [6.45, 7) is 3.44. The van der Waals surface area contributed by atoms with Gasteiger partial charge in [-0.15, -0.1) is 0 Å². The molecule has 0 atom stereocenters. The van der Waals surface area contributed by atoms with E-state index in [9.17, 15) is 4.79 Å². The molecule has 3 N–H and O–H groups in total. The Morgan fingerprint density at radius 2 is 2.00 bits per heavy atom. The van der Waals surface area contributed by atoms with Crippen molar-refractivity contribution in [2.24, 2.45) is 5.73 Å². The van der Waals surface area contributed by atoms with Crippen molar-refractivity contribution < 1.29 is 9.53 Å². The fraction of sp³-hybridized carbons (Fsp3) is 0.588. The Kier molecular flexibility index (Phi) is 8.51. The maximum absolute atomic E-state index is 11.7. The first-order chi connectivity index (χ1) is 10.2. The van der Waals surface area contributed by atoms with Gasteiger partial charge in [-0.2, -0.15) is 0 Å². The van der Waals surface area contributed by atoms with Crippen molar-refractivity contribution >= 4 is 5.91 Å². The van der Waals surface area contributed by atoms with Crippen LogP contribution in [0.15, 0.2) is 18.2 Å². The summed E-state index contributed by atoms with van der Waals surface area (Å²) in [4.78, 5) is 11.7. The molecular weight excluding hydrogens is 264 g/mol. The molecule has 0 unspecified atom stereocenters. The molecule has 0 radical (unpaired) electrons. The number of amides is 1. The van der Waals surface area contributed by atoms with E-state index in [2.05, 4.69) is 11.4 Å². The average Bonchev–Trinajstić information content (AvgIpc) is 2.48. The van der Waals surface area contributed by atoms with Gasteiger partial charge in [-0.1, -0.05) is 25.0 Å². The quantitative estimate of drug-likeness (QED) is 0.651. The lowest BCUT2D eigenvalue weighted by Gasteiger charge is -2.09. The van der Waals surface area contributed by atoms with Crippen LogP contribution >= 0.6 is 0 Å². The molecular formula is C17H28N2O2. The van der Waals surface area contributed by atoms with E-state index in [4.69, 9.17) is 10.5 Å². The molecule has 0 heterocycles. The number of hydrogen-bond acceptors (Lipinski definition) is 3. The number of rotatable bonds is 10. The van der Waals surface area contributed by atoms with Crippen molar-refractivity contribution in [2.45, 2.75) is 45.4 Å². The van der Waals surface area contributed by atoms with Crippen LogP contribution in [0.4, 0.5) is 0 Å². The lowest BCUT2D eigenvalue weighted by atomic mass is 10.1. The summed E-state index contributed by atoms with van der Waals surface area (Å²) < 4.78 is 5.30. The van der Waals surface area contributed by atoms with Crippen LogP contribution in [0, 0.1) is 6.92 Å². The number of nitrogens with one attached hydrogen (secondary N) is 1. The number of ether oxygens (including phenoxy) is 1. The predicted octanol–water partition coefficient (Wildman–Crippen LogP) is 2.57. The van der Waals surface area contributed by atoms with Gasteiger partial charge >= 0.3 is 0 Å². The van der Waals surface area contributed by atoms with Crippen molar-refractivity contribution in [1.82, 2.24) is 5.32 Å². The Bertz CT molecular complexity index is 433. The van der Waals surface area contributed by atoms with Gasteiger partial charge < -0.3 is 15.8 Å². The van der Waals surface area contributed by atoms with E-state index in [1.54, 1.807) is 7.11 Å². The molecule has 1 amide bonds. The molecule has 0 saturated carbocycles. The van der Waals surface area contributed by atoms with Crippen molar-refractivity contribution in [1.29, 1.82) is 0 Å². The van der Waals surface area contributed by atoms with E-state index in [0.717, 1.165) is 50.0 Å². The lowest BCUT2D eigenvalue weighted by molar-refractivity contribution is -0.121. The SMILES string of the molecule is COc1cc(CCNC(=O)CCCCCCN)ccc1C. The summed E-state index contributed by atoms with van der Waals surface area (Å²) in [5.74, 6) is 1.04. The maximum Gasteiger partial charge on any atom is 0.220 e. The highest BCUT2D eigenvalue weighted by molar-refractivity contribution is 5.75. The van der Waals surface area contributed by atoms with Gasteiger partial charge in [0, 0.05) is 13.0 Å². The molecule has 0 spiro atoms. The summed E-state index contributed by atoms with van der Waals surface area (Å²) in [5, 5.41) is 2.97. The van der Waals surface area contributed by atoms with E-state index < -0.39 is 0 Å². The number of unbranched alkanes of at least 4 members (excludes halogenated alkanes) is 3. The Morgan fingerprint density at radius 1 is 1.24 bits per heavy atom. The van der Waals surface area contributed by atoms with Gasteiger partial charge in [-0.05, 0) is 49.9 Å². The fourth-order valence-electron chi connectivity index (χ4n) is 2.24. The van der Waals surface area contributed by atoms with Crippen LogP contribution in [0.5, 0.6) is 5.75 Å². The minimum absolute atomic E-state index is 0.141. The van der Waals surface area contributed by atoms with Crippen LogP contribution in [-0.2, 0) is 11.2 Å². The molecule has 118 valence electrons. The largest absolute Gasteiger partial charge is 0.496 e. The van der Waals surface area contributed by atoms with E-state index >= 15 is 0 Å². The molecule has 1 aromatic carbocycles. The van der Waals surface area contributed by atoms with Gasteiger partial charge in [0.05, 0.1) is 7.11 Å². The first kappa shape index (κ1) is 17.5. The highest BCUT2D eigenvalue weighted by Crippen LogP contribution is 2.18. The zero-order chi connectivity index (χ0) is 15.5. The van der Waals surface area contributed by atoms with E-state index in [-0.39, 0.29) is 5.91 Å². The summed E-state index contributed by atoms with van der Waals surface area (Å²) in [5.41, 5.74) is 7.74. The van der Waals surface area contributed by atoms with Gasteiger partial charge in [0.15, 0.2) is 0 Å². The third-order valence-electron chi connectivity index (χ3n) is 3.57. The molecule has 0 aliphatic carbocycles. The predicted molar refractivity (Wildman–Crippen MR) is 86.6 cm³/mol. The Balaban J connectivity index is 2.19. The number of aryl methyl sites for hydroxylation is 1. The number of benzene rings is 1. The average molecular weight is 292 g/mol. The third kappa shape index (κ3) is 7.14. The molecule has 0 aliphatic heterocycles. The van der Waals surface area contributed by atoms with Gasteiger partial charge in [0.1, 0.15) is 5.75 Å². The maximum atomic E-state index is 11.7. The second-order valence-electron chi connectivity index (χ2n) is 5.36. The second-order valence-corrected chi connectivity index (χ2v) is 5.36. The molecule has 0 saturated heterocycles. The molecule has 0 aromatic heterocycles. The zero-order valence-electron chi connectivity index (χ0n) is 13.3. The zero-order valence-corrected chi connectivity index (χ0v) is 13.3. The molecule has 0 bridgehead atoms. The van der Waals surface area contributed by atoms with Crippen molar-refractivity contribution in [3.05, 3.63) is 29.3 Å². The summed E-state index contributed by atoms with van der Waals surface area (Å²) in [6, 6.07) is 6.17. The normalized spacial score (nSPS) is 10.4. The highest BCUT2D eigenvalue weighted by atomic mass is 16.5. The highest BCUT2D eigenvalue weighted by Gasteiger charge is 2.03. The molecule has 4 heteroatoms. The van der Waals surface area contributed by atoms with E-state index in [1.807, 2.05) is 19.1 Å². The first-order valence-electron chi connectivity index (χ1n) is 7.77. The minimum atomic E-state index is 0.141. The second kappa shape index (κ2) is 10.2. The molecule has 21 heavy (non-hydrogen) atoms. The van der Waals surface area contributed by atoms with Gasteiger partial charge in [-0.25, -0.2) is 0 Å². The number of methoxy groups -OCH3 is 1. The first-order valence-corrected chi connectivity index (χ1v) is 7.77. The van der Waals surface area contributed by atoms with Crippen LogP contribution in [0.2, 0.25) is 0 Å². The topological polar surface area (TPSA) is 64.3 Å². The summed E-state index contributed by atoms with van der Waals surface area (Å²) >= 11 is 0.